The third kappa shape index (κ3) is 5.31. The van der Waals surface area contributed by atoms with Crippen molar-refractivity contribution in [3.63, 3.8) is 0 Å². The molecule has 0 aromatic heterocycles. The van der Waals surface area contributed by atoms with Crippen molar-refractivity contribution in [2.45, 2.75) is 64.2 Å². The van der Waals surface area contributed by atoms with Crippen LogP contribution in [0.1, 0.15) is 64.2 Å². The van der Waals surface area contributed by atoms with Crippen LogP contribution in [0.5, 0.6) is 0 Å². The van der Waals surface area contributed by atoms with E-state index in [0.717, 1.165) is 51.4 Å². The van der Waals surface area contributed by atoms with Crippen molar-refractivity contribution in [2.24, 2.45) is 11.8 Å². The average Bonchev–Trinajstić information content (AvgIpc) is 2.59. The molecule has 3 N–H and O–H groups in total. The Bertz CT molecular complexity index is 363. The van der Waals surface area contributed by atoms with Gasteiger partial charge in [0.2, 0.25) is 11.8 Å². The van der Waals surface area contributed by atoms with Crippen LogP contribution in [0.2, 0.25) is 0 Å². The summed E-state index contributed by atoms with van der Waals surface area (Å²) in [6, 6.07) is 0. The first kappa shape index (κ1) is 16.8. The van der Waals surface area contributed by atoms with Gasteiger partial charge >= 0.3 is 0 Å². The Morgan fingerprint density at radius 3 is 1.73 bits per heavy atom. The number of hydrogen-bond donors (Lipinski definition) is 3. The fourth-order valence-corrected chi connectivity index (χ4v) is 3.32. The van der Waals surface area contributed by atoms with Crippen LogP contribution in [0.25, 0.3) is 0 Å². The lowest BCUT2D eigenvalue weighted by Gasteiger charge is -2.21. The summed E-state index contributed by atoms with van der Waals surface area (Å²) in [5, 5.41) is 2.65. The number of carbonyl (C=O) groups is 3. The lowest BCUT2D eigenvalue weighted by Crippen LogP contribution is -2.49. The van der Waals surface area contributed by atoms with Crippen LogP contribution in [0.3, 0.4) is 0 Å². The summed E-state index contributed by atoms with van der Waals surface area (Å²) in [6.07, 6.45) is 10.3. The minimum absolute atomic E-state index is 0.00544. The first-order chi connectivity index (χ1) is 10.7. The molecule has 2 aliphatic rings. The van der Waals surface area contributed by atoms with Gasteiger partial charge in [0.05, 0.1) is 6.54 Å². The van der Waals surface area contributed by atoms with Crippen LogP contribution in [0.4, 0.5) is 0 Å². The summed E-state index contributed by atoms with van der Waals surface area (Å²) >= 11 is 0. The van der Waals surface area contributed by atoms with Crippen LogP contribution < -0.4 is 16.2 Å². The van der Waals surface area contributed by atoms with Gasteiger partial charge < -0.3 is 5.32 Å². The lowest BCUT2D eigenvalue weighted by atomic mass is 9.89. The number of carbonyl (C=O) groups excluding carboxylic acids is 3. The Morgan fingerprint density at radius 2 is 1.18 bits per heavy atom. The monoisotopic (exact) mass is 309 g/mol. The zero-order valence-corrected chi connectivity index (χ0v) is 13.2. The van der Waals surface area contributed by atoms with Gasteiger partial charge in [0.1, 0.15) is 0 Å². The van der Waals surface area contributed by atoms with Gasteiger partial charge in [-0.2, -0.15) is 0 Å². The number of amides is 3. The van der Waals surface area contributed by atoms with E-state index < -0.39 is 0 Å². The summed E-state index contributed by atoms with van der Waals surface area (Å²) in [5.74, 6) is -0.502. The zero-order chi connectivity index (χ0) is 15.8. The molecule has 0 atom stereocenters. The molecular formula is C16H27N3O3. The third-order valence-electron chi connectivity index (χ3n) is 4.70. The van der Waals surface area contributed by atoms with E-state index in [0.29, 0.717) is 0 Å². The van der Waals surface area contributed by atoms with Gasteiger partial charge in [0.25, 0.3) is 5.91 Å². The van der Waals surface area contributed by atoms with E-state index in [4.69, 9.17) is 0 Å². The molecule has 0 aromatic carbocycles. The van der Waals surface area contributed by atoms with E-state index in [1.165, 1.54) is 12.8 Å². The largest absolute Gasteiger partial charge is 0.347 e. The molecule has 0 aliphatic heterocycles. The Kier molecular flexibility index (Phi) is 6.68. The predicted molar refractivity (Wildman–Crippen MR) is 82.4 cm³/mol. The second kappa shape index (κ2) is 8.76. The molecule has 6 nitrogen and oxygen atoms in total. The summed E-state index contributed by atoms with van der Waals surface area (Å²) in [4.78, 5) is 35.5. The number of hydrogen-bond acceptors (Lipinski definition) is 3. The molecule has 0 heterocycles. The van der Waals surface area contributed by atoms with Gasteiger partial charge in [0, 0.05) is 11.8 Å². The van der Waals surface area contributed by atoms with Crippen molar-refractivity contribution in [1.29, 1.82) is 0 Å². The molecule has 0 saturated heterocycles. The molecular weight excluding hydrogens is 282 g/mol. The topological polar surface area (TPSA) is 87.3 Å². The highest BCUT2D eigenvalue weighted by molar-refractivity contribution is 5.87. The van der Waals surface area contributed by atoms with Crippen LogP contribution >= 0.6 is 0 Å². The summed E-state index contributed by atoms with van der Waals surface area (Å²) < 4.78 is 0. The lowest BCUT2D eigenvalue weighted by molar-refractivity contribution is -0.132. The summed E-state index contributed by atoms with van der Waals surface area (Å²) in [7, 11) is 0. The average molecular weight is 309 g/mol. The number of rotatable bonds is 4. The fourth-order valence-electron chi connectivity index (χ4n) is 3.32. The van der Waals surface area contributed by atoms with Crippen molar-refractivity contribution in [3.05, 3.63) is 0 Å². The fraction of sp³-hybridized carbons (Fsp3) is 0.812. The van der Waals surface area contributed by atoms with E-state index >= 15 is 0 Å². The predicted octanol–water partition coefficient (Wildman–Crippen LogP) is 1.41. The van der Waals surface area contributed by atoms with Crippen LogP contribution in [-0.2, 0) is 14.4 Å². The van der Waals surface area contributed by atoms with Gasteiger partial charge in [0.15, 0.2) is 0 Å². The number of nitrogens with one attached hydrogen (secondary N) is 3. The Morgan fingerprint density at radius 1 is 0.682 bits per heavy atom. The molecule has 0 radical (unpaired) electrons. The highest BCUT2D eigenvalue weighted by Crippen LogP contribution is 2.24. The molecule has 2 rings (SSSR count). The van der Waals surface area contributed by atoms with Crippen molar-refractivity contribution in [3.8, 4) is 0 Å². The molecule has 2 fully saturated rings. The van der Waals surface area contributed by atoms with Gasteiger partial charge in [-0.05, 0) is 25.7 Å². The third-order valence-corrected chi connectivity index (χ3v) is 4.70. The second-order valence-corrected chi connectivity index (χ2v) is 6.43. The molecule has 2 aliphatic carbocycles. The molecule has 2 saturated carbocycles. The first-order valence-corrected chi connectivity index (χ1v) is 8.53. The van der Waals surface area contributed by atoms with Gasteiger partial charge in [-0.3, -0.25) is 25.2 Å². The maximum atomic E-state index is 11.9. The van der Waals surface area contributed by atoms with Crippen molar-refractivity contribution < 1.29 is 14.4 Å². The molecule has 22 heavy (non-hydrogen) atoms. The second-order valence-electron chi connectivity index (χ2n) is 6.43. The maximum Gasteiger partial charge on any atom is 0.257 e. The Balaban J connectivity index is 1.60. The Labute approximate surface area is 131 Å². The first-order valence-electron chi connectivity index (χ1n) is 8.53. The molecule has 0 aromatic rings. The Hall–Kier alpha value is -1.59. The standard InChI is InChI=1S/C16H27N3O3/c20-14(11-17-15(21)12-7-3-1-4-8-12)18-19-16(22)13-9-5-2-6-10-13/h12-13H,1-11H2,(H,17,21)(H,18,20)(H,19,22). The summed E-state index contributed by atoms with van der Waals surface area (Å²) in [5.41, 5.74) is 4.85. The van der Waals surface area contributed by atoms with Gasteiger partial charge in [-0.25, -0.2) is 0 Å². The van der Waals surface area contributed by atoms with E-state index in [1.54, 1.807) is 0 Å². The van der Waals surface area contributed by atoms with E-state index in [1.807, 2.05) is 0 Å². The normalized spacial score (nSPS) is 20.2. The minimum Gasteiger partial charge on any atom is -0.347 e. The molecule has 0 spiro atoms. The van der Waals surface area contributed by atoms with Crippen LogP contribution in [-0.4, -0.2) is 24.3 Å². The van der Waals surface area contributed by atoms with Crippen molar-refractivity contribution in [1.82, 2.24) is 16.2 Å². The summed E-state index contributed by atoms with van der Waals surface area (Å²) in [6.45, 7) is -0.0831. The highest BCUT2D eigenvalue weighted by Gasteiger charge is 2.23. The zero-order valence-electron chi connectivity index (χ0n) is 13.2. The van der Waals surface area contributed by atoms with Crippen LogP contribution in [0, 0.1) is 11.8 Å². The van der Waals surface area contributed by atoms with Crippen molar-refractivity contribution >= 4 is 17.7 Å². The maximum absolute atomic E-state index is 11.9. The molecule has 3 amide bonds. The smallest absolute Gasteiger partial charge is 0.257 e. The van der Waals surface area contributed by atoms with Crippen LogP contribution in [0.15, 0.2) is 0 Å². The van der Waals surface area contributed by atoms with E-state index in [9.17, 15) is 14.4 Å². The van der Waals surface area contributed by atoms with Crippen molar-refractivity contribution in [2.75, 3.05) is 6.54 Å². The quantitative estimate of drug-likeness (QED) is 0.686. The SMILES string of the molecule is O=C(CNC(=O)C1CCCCC1)NNC(=O)C1CCCCC1. The van der Waals surface area contributed by atoms with E-state index in [-0.39, 0.29) is 36.1 Å². The van der Waals surface area contributed by atoms with E-state index in [2.05, 4.69) is 16.2 Å². The number of hydrazine groups is 1. The molecule has 0 bridgehead atoms. The van der Waals surface area contributed by atoms with Gasteiger partial charge in [-0.15, -0.1) is 0 Å². The minimum atomic E-state index is -0.381. The molecule has 124 valence electrons. The molecule has 0 unspecified atom stereocenters. The van der Waals surface area contributed by atoms with Gasteiger partial charge in [-0.1, -0.05) is 38.5 Å². The highest BCUT2D eigenvalue weighted by atomic mass is 16.2. The molecule has 6 heteroatoms.